The number of ether oxygens (including phenoxy) is 1. The quantitative estimate of drug-likeness (QED) is 0.430. The van der Waals surface area contributed by atoms with Crippen LogP contribution in [-0.4, -0.2) is 5.97 Å². The van der Waals surface area contributed by atoms with E-state index in [0.29, 0.717) is 11.3 Å². The number of carbonyl (C=O) groups is 1. The average Bonchev–Trinajstić information content (AvgIpc) is 2.69. The summed E-state index contributed by atoms with van der Waals surface area (Å²) in [6.45, 7) is 2.04. The van der Waals surface area contributed by atoms with E-state index >= 15 is 0 Å². The maximum Gasteiger partial charge on any atom is 0.344 e. The largest absolute Gasteiger partial charge is 0.422 e. The second-order valence-electron chi connectivity index (χ2n) is 4.35. The normalized spacial score (nSPS) is 15.6. The minimum Gasteiger partial charge on any atom is -0.422 e. The van der Waals surface area contributed by atoms with Gasteiger partial charge in [-0.15, -0.1) is 0 Å². The molecule has 0 bridgehead atoms. The fourth-order valence-corrected chi connectivity index (χ4v) is 2.01. The van der Waals surface area contributed by atoms with Crippen LogP contribution in [0.2, 0.25) is 0 Å². The van der Waals surface area contributed by atoms with Crippen LogP contribution in [0.5, 0.6) is 5.75 Å². The smallest absolute Gasteiger partial charge is 0.344 e. The summed E-state index contributed by atoms with van der Waals surface area (Å²) >= 11 is 0. The van der Waals surface area contributed by atoms with Crippen LogP contribution in [-0.2, 0) is 4.79 Å². The topological polar surface area (TPSA) is 26.3 Å². The van der Waals surface area contributed by atoms with Gasteiger partial charge in [-0.05, 0) is 24.6 Å². The van der Waals surface area contributed by atoms with Gasteiger partial charge in [0, 0.05) is 5.56 Å². The Morgan fingerprint density at radius 1 is 1.00 bits per heavy atom. The summed E-state index contributed by atoms with van der Waals surface area (Å²) in [6.07, 6.45) is 1.87. The van der Waals surface area contributed by atoms with Crippen LogP contribution < -0.4 is 4.74 Å². The van der Waals surface area contributed by atoms with Gasteiger partial charge >= 0.3 is 5.97 Å². The van der Waals surface area contributed by atoms with Crippen molar-refractivity contribution in [1.82, 2.24) is 0 Å². The lowest BCUT2D eigenvalue weighted by atomic mass is 10.0. The van der Waals surface area contributed by atoms with Gasteiger partial charge in [0.25, 0.3) is 0 Å². The SMILES string of the molecule is Cc1ccc(C=C2C(=O)Oc3ccccc32)cc1. The molecule has 2 heteroatoms. The highest BCUT2D eigenvalue weighted by molar-refractivity contribution is 6.25. The minimum atomic E-state index is -0.281. The van der Waals surface area contributed by atoms with Crippen LogP contribution in [0.15, 0.2) is 48.5 Å². The van der Waals surface area contributed by atoms with Gasteiger partial charge in [0.05, 0.1) is 5.57 Å². The lowest BCUT2D eigenvalue weighted by Gasteiger charge is -1.97. The molecule has 18 heavy (non-hydrogen) atoms. The molecule has 1 aliphatic rings. The third-order valence-electron chi connectivity index (χ3n) is 2.99. The van der Waals surface area contributed by atoms with Gasteiger partial charge < -0.3 is 4.74 Å². The van der Waals surface area contributed by atoms with Crippen LogP contribution in [0.3, 0.4) is 0 Å². The predicted molar refractivity (Wildman–Crippen MR) is 71.1 cm³/mol. The van der Waals surface area contributed by atoms with Crippen molar-refractivity contribution in [3.8, 4) is 5.75 Å². The first-order chi connectivity index (χ1) is 8.74. The predicted octanol–water partition coefficient (Wildman–Crippen LogP) is 3.45. The van der Waals surface area contributed by atoms with Gasteiger partial charge in [-0.2, -0.15) is 0 Å². The highest BCUT2D eigenvalue weighted by Gasteiger charge is 2.25. The Kier molecular flexibility index (Phi) is 2.49. The van der Waals surface area contributed by atoms with Gasteiger partial charge in [-0.3, -0.25) is 0 Å². The molecule has 0 atom stereocenters. The van der Waals surface area contributed by atoms with Crippen LogP contribution >= 0.6 is 0 Å². The lowest BCUT2D eigenvalue weighted by molar-refractivity contribution is -0.126. The first-order valence-electron chi connectivity index (χ1n) is 5.84. The number of para-hydroxylation sites is 1. The molecule has 1 heterocycles. The second-order valence-corrected chi connectivity index (χ2v) is 4.35. The molecular formula is C16H12O2. The molecule has 0 saturated carbocycles. The minimum absolute atomic E-state index is 0.281. The number of benzene rings is 2. The molecule has 0 aliphatic carbocycles. The number of hydrogen-bond donors (Lipinski definition) is 0. The summed E-state index contributed by atoms with van der Waals surface area (Å²) in [6, 6.07) is 15.5. The number of esters is 1. The summed E-state index contributed by atoms with van der Waals surface area (Å²) in [5.74, 6) is 0.359. The Hall–Kier alpha value is -2.35. The number of fused-ring (bicyclic) bond motifs is 1. The number of rotatable bonds is 1. The van der Waals surface area contributed by atoms with Crippen molar-refractivity contribution in [3.63, 3.8) is 0 Å². The molecule has 0 spiro atoms. The Labute approximate surface area is 106 Å². The number of hydrogen-bond acceptors (Lipinski definition) is 2. The van der Waals surface area contributed by atoms with E-state index < -0.39 is 0 Å². The van der Waals surface area contributed by atoms with E-state index in [-0.39, 0.29) is 5.97 Å². The molecule has 0 unspecified atom stereocenters. The summed E-state index contributed by atoms with van der Waals surface area (Å²) < 4.78 is 5.21. The van der Waals surface area contributed by atoms with Crippen molar-refractivity contribution in [1.29, 1.82) is 0 Å². The second kappa shape index (κ2) is 4.15. The van der Waals surface area contributed by atoms with Crippen LogP contribution in [0.4, 0.5) is 0 Å². The average molecular weight is 236 g/mol. The molecule has 0 aromatic heterocycles. The molecule has 1 aliphatic heterocycles. The zero-order valence-corrected chi connectivity index (χ0v) is 10.0. The Morgan fingerprint density at radius 3 is 2.50 bits per heavy atom. The van der Waals surface area contributed by atoms with E-state index in [1.54, 1.807) is 0 Å². The van der Waals surface area contributed by atoms with Gasteiger partial charge in [-0.1, -0.05) is 48.0 Å². The van der Waals surface area contributed by atoms with Crippen LogP contribution in [0, 0.1) is 6.92 Å². The molecule has 2 nitrogen and oxygen atoms in total. The maximum absolute atomic E-state index is 11.8. The zero-order valence-electron chi connectivity index (χ0n) is 10.0. The van der Waals surface area contributed by atoms with Crippen molar-refractivity contribution in [2.45, 2.75) is 6.92 Å². The summed E-state index contributed by atoms with van der Waals surface area (Å²) in [5.41, 5.74) is 3.69. The Morgan fingerprint density at radius 2 is 1.72 bits per heavy atom. The van der Waals surface area contributed by atoms with Gasteiger partial charge in [0.15, 0.2) is 0 Å². The first-order valence-corrected chi connectivity index (χ1v) is 5.84. The van der Waals surface area contributed by atoms with E-state index in [2.05, 4.69) is 0 Å². The molecule has 0 radical (unpaired) electrons. The lowest BCUT2D eigenvalue weighted by Crippen LogP contribution is -2.00. The van der Waals surface area contributed by atoms with E-state index in [0.717, 1.165) is 11.1 Å². The van der Waals surface area contributed by atoms with Crippen molar-refractivity contribution >= 4 is 17.6 Å². The van der Waals surface area contributed by atoms with E-state index in [9.17, 15) is 4.79 Å². The third-order valence-corrected chi connectivity index (χ3v) is 2.99. The standard InChI is InChI=1S/C16H12O2/c1-11-6-8-12(9-7-11)10-14-13-4-2-3-5-15(13)18-16(14)17/h2-10H,1H3. The van der Waals surface area contributed by atoms with Crippen molar-refractivity contribution in [2.75, 3.05) is 0 Å². The van der Waals surface area contributed by atoms with E-state index in [4.69, 9.17) is 4.74 Å². The number of carbonyl (C=O) groups excluding carboxylic acids is 1. The molecule has 0 amide bonds. The monoisotopic (exact) mass is 236 g/mol. The first kappa shape index (κ1) is 10.8. The summed E-state index contributed by atoms with van der Waals surface area (Å²) in [5, 5.41) is 0. The maximum atomic E-state index is 11.8. The van der Waals surface area contributed by atoms with Gasteiger partial charge in [0.1, 0.15) is 5.75 Å². The fourth-order valence-electron chi connectivity index (χ4n) is 2.01. The highest BCUT2D eigenvalue weighted by Crippen LogP contribution is 2.34. The van der Waals surface area contributed by atoms with Crippen molar-refractivity contribution in [2.24, 2.45) is 0 Å². The molecule has 0 fully saturated rings. The van der Waals surface area contributed by atoms with E-state index in [1.807, 2.05) is 61.5 Å². The van der Waals surface area contributed by atoms with E-state index in [1.165, 1.54) is 5.56 Å². The van der Waals surface area contributed by atoms with Gasteiger partial charge in [-0.25, -0.2) is 4.79 Å². The summed E-state index contributed by atoms with van der Waals surface area (Å²) in [4.78, 5) is 11.8. The molecular weight excluding hydrogens is 224 g/mol. The van der Waals surface area contributed by atoms with Crippen LogP contribution in [0.1, 0.15) is 16.7 Å². The molecule has 88 valence electrons. The molecule has 2 aromatic carbocycles. The fraction of sp³-hybridized carbons (Fsp3) is 0.0625. The van der Waals surface area contributed by atoms with Crippen molar-refractivity contribution in [3.05, 3.63) is 65.2 Å². The summed E-state index contributed by atoms with van der Waals surface area (Å²) in [7, 11) is 0. The third kappa shape index (κ3) is 1.82. The molecule has 0 saturated heterocycles. The Bertz CT molecular complexity index is 636. The van der Waals surface area contributed by atoms with Crippen LogP contribution in [0.25, 0.3) is 11.6 Å². The highest BCUT2D eigenvalue weighted by atomic mass is 16.5. The zero-order chi connectivity index (χ0) is 12.5. The van der Waals surface area contributed by atoms with Gasteiger partial charge in [0.2, 0.25) is 0 Å². The molecule has 0 N–H and O–H groups in total. The Balaban J connectivity index is 2.07. The number of aryl methyl sites for hydroxylation is 1. The van der Waals surface area contributed by atoms with Crippen molar-refractivity contribution < 1.29 is 9.53 Å². The molecule has 3 rings (SSSR count). The molecule has 2 aromatic rings.